The fourth-order valence-electron chi connectivity index (χ4n) is 3.69. The Kier molecular flexibility index (Phi) is 4.86. The molecular weight excluding hydrogens is 370 g/mol. The second-order valence-corrected chi connectivity index (χ2v) is 8.36. The van der Waals surface area contributed by atoms with Crippen molar-refractivity contribution in [3.05, 3.63) is 41.1 Å². The van der Waals surface area contributed by atoms with E-state index in [1.165, 1.54) is 0 Å². The molecule has 1 aliphatic rings. The first-order chi connectivity index (χ1) is 13.8. The fraction of sp³-hybridized carbons (Fsp3) is 0.429. The first-order valence-corrected chi connectivity index (χ1v) is 9.81. The summed E-state index contributed by atoms with van der Waals surface area (Å²) in [7, 11) is 0. The number of likely N-dealkylation sites (tertiary alicyclic amines) is 1. The van der Waals surface area contributed by atoms with Crippen LogP contribution in [0.3, 0.4) is 0 Å². The number of H-pyrrole nitrogens is 1. The minimum atomic E-state index is -0.520. The molecule has 0 radical (unpaired) electrons. The lowest BCUT2D eigenvalue weighted by Crippen LogP contribution is -2.47. The molecule has 0 aliphatic carbocycles. The Morgan fingerprint density at radius 2 is 2.14 bits per heavy atom. The summed E-state index contributed by atoms with van der Waals surface area (Å²) in [6, 6.07) is 3.67. The summed E-state index contributed by atoms with van der Waals surface area (Å²) in [5.74, 6) is 0.691. The molecule has 152 valence electrons. The number of nitrogens with one attached hydrogen (secondary N) is 2. The van der Waals surface area contributed by atoms with Gasteiger partial charge in [-0.05, 0) is 45.7 Å². The van der Waals surface area contributed by atoms with E-state index < -0.39 is 5.60 Å². The fourth-order valence-corrected chi connectivity index (χ4v) is 3.69. The Balaban J connectivity index is 1.64. The number of fused-ring (bicyclic) bond motifs is 3. The molecule has 4 rings (SSSR count). The summed E-state index contributed by atoms with van der Waals surface area (Å²) in [6.07, 6.45) is 6.47. The Labute approximate surface area is 168 Å². The molecule has 0 aromatic carbocycles. The van der Waals surface area contributed by atoms with E-state index in [4.69, 9.17) is 9.72 Å². The van der Waals surface area contributed by atoms with Gasteiger partial charge >= 0.3 is 6.09 Å². The number of amides is 1. The molecule has 0 spiro atoms. The monoisotopic (exact) mass is 395 g/mol. The number of nitrogens with zero attached hydrogens (tertiary/aromatic N) is 3. The minimum Gasteiger partial charge on any atom is -0.444 e. The molecule has 3 aromatic rings. The zero-order chi connectivity index (χ0) is 20.6. The number of carbonyl (C=O) groups excluding carboxylic acids is 1. The van der Waals surface area contributed by atoms with E-state index in [1.807, 2.05) is 26.8 Å². The number of hydrogen-bond acceptors (Lipinski definition) is 6. The van der Waals surface area contributed by atoms with Crippen LogP contribution >= 0.6 is 0 Å². The van der Waals surface area contributed by atoms with Crippen LogP contribution in [0.5, 0.6) is 0 Å². The molecule has 2 N–H and O–H groups in total. The van der Waals surface area contributed by atoms with Crippen LogP contribution in [0.15, 0.2) is 35.5 Å². The first-order valence-electron chi connectivity index (χ1n) is 9.81. The SMILES string of the molecule is CC(C)(C)OC(=O)N1CCC[C@H](Nc2nc3cc[nH]c(=O)c3c3cnccc23)C1. The van der Waals surface area contributed by atoms with Gasteiger partial charge < -0.3 is 19.9 Å². The van der Waals surface area contributed by atoms with Crippen LogP contribution in [0.4, 0.5) is 10.6 Å². The van der Waals surface area contributed by atoms with Crippen LogP contribution in [-0.2, 0) is 4.74 Å². The van der Waals surface area contributed by atoms with Gasteiger partial charge in [-0.15, -0.1) is 0 Å². The van der Waals surface area contributed by atoms with Crippen molar-refractivity contribution in [1.82, 2.24) is 19.9 Å². The maximum atomic E-state index is 12.5. The van der Waals surface area contributed by atoms with Crippen molar-refractivity contribution in [3.8, 4) is 0 Å². The number of pyridine rings is 3. The van der Waals surface area contributed by atoms with Gasteiger partial charge in [-0.2, -0.15) is 0 Å². The van der Waals surface area contributed by atoms with Gasteiger partial charge in [0.2, 0.25) is 0 Å². The number of carbonyl (C=O) groups is 1. The van der Waals surface area contributed by atoms with Crippen molar-refractivity contribution in [2.45, 2.75) is 45.3 Å². The van der Waals surface area contributed by atoms with Crippen LogP contribution in [0.25, 0.3) is 21.7 Å². The number of anilines is 1. The second kappa shape index (κ2) is 7.35. The Morgan fingerprint density at radius 3 is 2.93 bits per heavy atom. The summed E-state index contributed by atoms with van der Waals surface area (Å²) in [4.78, 5) is 38.1. The van der Waals surface area contributed by atoms with Crippen LogP contribution in [-0.4, -0.2) is 50.7 Å². The lowest BCUT2D eigenvalue weighted by atomic mass is 10.0. The molecule has 0 unspecified atom stereocenters. The van der Waals surface area contributed by atoms with E-state index in [1.54, 1.807) is 29.6 Å². The summed E-state index contributed by atoms with van der Waals surface area (Å²) in [6.45, 7) is 6.82. The number of aromatic nitrogens is 3. The first kappa shape index (κ1) is 19.2. The zero-order valence-corrected chi connectivity index (χ0v) is 16.9. The highest BCUT2D eigenvalue weighted by Gasteiger charge is 2.28. The van der Waals surface area contributed by atoms with Crippen LogP contribution in [0.2, 0.25) is 0 Å². The average molecular weight is 395 g/mol. The Morgan fingerprint density at radius 1 is 1.31 bits per heavy atom. The number of ether oxygens (including phenoxy) is 1. The third-order valence-electron chi connectivity index (χ3n) is 4.93. The molecular formula is C21H25N5O3. The molecule has 0 saturated carbocycles. The predicted octanol–water partition coefficient (Wildman–Crippen LogP) is 3.28. The summed E-state index contributed by atoms with van der Waals surface area (Å²) in [5.41, 5.74) is -0.0990. The van der Waals surface area contributed by atoms with E-state index in [-0.39, 0.29) is 17.7 Å². The summed E-state index contributed by atoms with van der Waals surface area (Å²) >= 11 is 0. The lowest BCUT2D eigenvalue weighted by molar-refractivity contribution is 0.0206. The van der Waals surface area contributed by atoms with Crippen molar-refractivity contribution >= 4 is 33.6 Å². The number of aromatic amines is 1. The predicted molar refractivity (Wildman–Crippen MR) is 112 cm³/mol. The van der Waals surface area contributed by atoms with Crippen LogP contribution in [0.1, 0.15) is 33.6 Å². The minimum absolute atomic E-state index is 0.0413. The van der Waals surface area contributed by atoms with Gasteiger partial charge in [0.25, 0.3) is 5.56 Å². The van der Waals surface area contributed by atoms with Crippen molar-refractivity contribution in [2.24, 2.45) is 0 Å². The molecule has 1 fully saturated rings. The third-order valence-corrected chi connectivity index (χ3v) is 4.93. The quantitative estimate of drug-likeness (QED) is 0.646. The van der Waals surface area contributed by atoms with Crippen molar-refractivity contribution in [1.29, 1.82) is 0 Å². The van der Waals surface area contributed by atoms with E-state index in [0.717, 1.165) is 23.6 Å². The van der Waals surface area contributed by atoms with Crippen molar-refractivity contribution in [2.75, 3.05) is 18.4 Å². The van der Waals surface area contributed by atoms with Gasteiger partial charge in [0.1, 0.15) is 11.4 Å². The topological polar surface area (TPSA) is 100 Å². The number of rotatable bonds is 2. The van der Waals surface area contributed by atoms with Crippen LogP contribution < -0.4 is 10.9 Å². The number of piperidine rings is 1. The maximum absolute atomic E-state index is 12.5. The van der Waals surface area contributed by atoms with Gasteiger partial charge in [-0.3, -0.25) is 9.78 Å². The summed E-state index contributed by atoms with van der Waals surface area (Å²) < 4.78 is 5.51. The van der Waals surface area contributed by atoms with Crippen LogP contribution in [0, 0.1) is 0 Å². The van der Waals surface area contributed by atoms with Gasteiger partial charge in [-0.25, -0.2) is 9.78 Å². The molecule has 4 heterocycles. The van der Waals surface area contributed by atoms with Gasteiger partial charge in [0, 0.05) is 48.5 Å². The molecule has 8 nitrogen and oxygen atoms in total. The molecule has 3 aromatic heterocycles. The molecule has 29 heavy (non-hydrogen) atoms. The lowest BCUT2D eigenvalue weighted by Gasteiger charge is -2.34. The normalized spacial score (nSPS) is 17.5. The van der Waals surface area contributed by atoms with E-state index >= 15 is 0 Å². The van der Waals surface area contributed by atoms with Gasteiger partial charge in [0.05, 0.1) is 10.9 Å². The molecule has 1 aliphatic heterocycles. The summed E-state index contributed by atoms with van der Waals surface area (Å²) in [5, 5.41) is 5.59. The standard InChI is InChI=1S/C21H25N5O3/c1-21(2,3)29-20(28)26-10-4-5-13(12-26)24-18-14-6-8-22-11-15(14)17-16(25-18)7-9-23-19(17)27/h6-9,11,13H,4-5,10,12H2,1-3H3,(H,23,27)(H,24,25)/t13-/m0/s1. The average Bonchev–Trinajstić information content (AvgIpc) is 2.67. The van der Waals surface area contributed by atoms with E-state index in [0.29, 0.717) is 29.8 Å². The largest absolute Gasteiger partial charge is 0.444 e. The van der Waals surface area contributed by atoms with E-state index in [9.17, 15) is 9.59 Å². The Bertz CT molecular complexity index is 1120. The molecule has 1 saturated heterocycles. The maximum Gasteiger partial charge on any atom is 0.410 e. The molecule has 0 bridgehead atoms. The van der Waals surface area contributed by atoms with Crippen molar-refractivity contribution < 1.29 is 9.53 Å². The molecule has 1 atom stereocenters. The van der Waals surface area contributed by atoms with Crippen molar-refractivity contribution in [3.63, 3.8) is 0 Å². The highest BCUT2D eigenvalue weighted by Crippen LogP contribution is 2.28. The zero-order valence-electron chi connectivity index (χ0n) is 16.9. The molecule has 1 amide bonds. The highest BCUT2D eigenvalue weighted by molar-refractivity contribution is 6.09. The number of hydrogen-bond donors (Lipinski definition) is 2. The van der Waals surface area contributed by atoms with E-state index in [2.05, 4.69) is 15.3 Å². The molecule has 8 heteroatoms. The smallest absolute Gasteiger partial charge is 0.410 e. The van der Waals surface area contributed by atoms with Gasteiger partial charge in [0.15, 0.2) is 0 Å². The second-order valence-electron chi connectivity index (χ2n) is 8.36. The van der Waals surface area contributed by atoms with Gasteiger partial charge in [-0.1, -0.05) is 0 Å². The Hall–Kier alpha value is -3.16. The highest BCUT2D eigenvalue weighted by atomic mass is 16.6. The third kappa shape index (κ3) is 4.01.